The molecule has 9 aromatic carbocycles. The molecule has 0 radical (unpaired) electrons. The Labute approximate surface area is 323 Å². The average Bonchev–Trinajstić information content (AvgIpc) is 3.80. The highest BCUT2D eigenvalue weighted by Gasteiger charge is 2.18. The van der Waals surface area contributed by atoms with Crippen molar-refractivity contribution in [1.29, 1.82) is 0 Å². The molecule has 0 aliphatic heterocycles. The number of benzene rings is 9. The Bertz CT molecular complexity index is 3190. The van der Waals surface area contributed by atoms with Crippen LogP contribution in [0.4, 0.5) is 17.1 Å². The molecule has 0 unspecified atom stereocenters. The van der Waals surface area contributed by atoms with Gasteiger partial charge in [-0.1, -0.05) is 133 Å². The SMILES string of the molecule is c1ccc(-c2cccc(N(c3ccc(-c4ccc5ccc6sc7ccccc7c6c5c4)cc3)c3ccc4c5ccccc5n(-c5ccccc5)c4c3)c2)cc1. The molecule has 0 fully saturated rings. The zero-order chi connectivity index (χ0) is 36.3. The molecule has 3 heteroatoms. The summed E-state index contributed by atoms with van der Waals surface area (Å²) in [6, 6.07) is 75.2. The predicted octanol–water partition coefficient (Wildman–Crippen LogP) is 15.1. The highest BCUT2D eigenvalue weighted by atomic mass is 32.1. The molecule has 0 amide bonds. The van der Waals surface area contributed by atoms with Crippen LogP contribution < -0.4 is 4.90 Å². The quantitative estimate of drug-likeness (QED) is 0.166. The fourth-order valence-electron chi connectivity index (χ4n) is 8.38. The summed E-state index contributed by atoms with van der Waals surface area (Å²) in [5.41, 5.74) is 11.6. The highest BCUT2D eigenvalue weighted by molar-refractivity contribution is 7.26. The average molecular weight is 719 g/mol. The lowest BCUT2D eigenvalue weighted by Gasteiger charge is -2.26. The highest BCUT2D eigenvalue weighted by Crippen LogP contribution is 2.43. The minimum Gasteiger partial charge on any atom is -0.310 e. The van der Waals surface area contributed by atoms with E-state index in [1.165, 1.54) is 75.0 Å². The van der Waals surface area contributed by atoms with E-state index in [0.29, 0.717) is 0 Å². The molecular weight excluding hydrogens is 685 g/mol. The Morgan fingerprint density at radius 2 is 0.964 bits per heavy atom. The fraction of sp³-hybridized carbons (Fsp3) is 0. The first-order valence-corrected chi connectivity index (χ1v) is 19.6. The molecule has 0 aliphatic rings. The molecule has 55 heavy (non-hydrogen) atoms. The number of fused-ring (bicyclic) bond motifs is 8. The Balaban J connectivity index is 1.07. The normalized spacial score (nSPS) is 11.6. The Kier molecular flexibility index (Phi) is 7.39. The second-order valence-corrected chi connectivity index (χ2v) is 15.2. The molecule has 0 spiro atoms. The molecular formula is C52H34N2S. The molecule has 2 nitrogen and oxygen atoms in total. The van der Waals surface area contributed by atoms with Gasteiger partial charge in [-0.25, -0.2) is 0 Å². The van der Waals surface area contributed by atoms with Crippen molar-refractivity contribution in [3.63, 3.8) is 0 Å². The van der Waals surface area contributed by atoms with Crippen LogP contribution in [0.3, 0.4) is 0 Å². The molecule has 258 valence electrons. The summed E-state index contributed by atoms with van der Waals surface area (Å²) in [5, 5.41) is 7.74. The summed E-state index contributed by atoms with van der Waals surface area (Å²) in [6.07, 6.45) is 0. The van der Waals surface area contributed by atoms with Gasteiger partial charge in [0.1, 0.15) is 0 Å². The van der Waals surface area contributed by atoms with E-state index in [4.69, 9.17) is 0 Å². The van der Waals surface area contributed by atoms with E-state index >= 15 is 0 Å². The smallest absolute Gasteiger partial charge is 0.0561 e. The predicted molar refractivity (Wildman–Crippen MR) is 237 cm³/mol. The van der Waals surface area contributed by atoms with Gasteiger partial charge in [-0.15, -0.1) is 11.3 Å². The second kappa shape index (κ2) is 12.9. The third-order valence-corrected chi connectivity index (χ3v) is 12.1. The number of hydrogen-bond donors (Lipinski definition) is 0. The van der Waals surface area contributed by atoms with Crippen LogP contribution in [0.1, 0.15) is 0 Å². The lowest BCUT2D eigenvalue weighted by Crippen LogP contribution is -2.10. The van der Waals surface area contributed by atoms with Gasteiger partial charge in [-0.3, -0.25) is 0 Å². The van der Waals surface area contributed by atoms with E-state index in [2.05, 4.69) is 216 Å². The van der Waals surface area contributed by atoms with Crippen LogP contribution in [0.25, 0.3) is 80.7 Å². The van der Waals surface area contributed by atoms with Crippen molar-refractivity contribution < 1.29 is 0 Å². The molecule has 0 saturated heterocycles. The van der Waals surface area contributed by atoms with Gasteiger partial charge < -0.3 is 9.47 Å². The second-order valence-electron chi connectivity index (χ2n) is 14.2. The van der Waals surface area contributed by atoms with E-state index in [9.17, 15) is 0 Å². The first-order chi connectivity index (χ1) is 27.3. The van der Waals surface area contributed by atoms with Gasteiger partial charge >= 0.3 is 0 Å². The summed E-state index contributed by atoms with van der Waals surface area (Å²) in [6.45, 7) is 0. The summed E-state index contributed by atoms with van der Waals surface area (Å²) in [4.78, 5) is 2.39. The van der Waals surface area contributed by atoms with E-state index < -0.39 is 0 Å². The lowest BCUT2D eigenvalue weighted by atomic mass is 9.98. The summed E-state index contributed by atoms with van der Waals surface area (Å²) in [5.74, 6) is 0. The monoisotopic (exact) mass is 718 g/mol. The van der Waals surface area contributed by atoms with Crippen molar-refractivity contribution >= 4 is 81.1 Å². The maximum atomic E-state index is 2.39. The number of para-hydroxylation sites is 2. The van der Waals surface area contributed by atoms with E-state index in [-0.39, 0.29) is 0 Å². The van der Waals surface area contributed by atoms with Crippen LogP contribution >= 0.6 is 11.3 Å². The number of rotatable bonds is 6. The Morgan fingerprint density at radius 3 is 1.82 bits per heavy atom. The van der Waals surface area contributed by atoms with Gasteiger partial charge in [0.2, 0.25) is 0 Å². The van der Waals surface area contributed by atoms with Crippen LogP contribution in [0, 0.1) is 0 Å². The van der Waals surface area contributed by atoms with Crippen LogP contribution in [0.15, 0.2) is 206 Å². The minimum atomic E-state index is 1.10. The largest absolute Gasteiger partial charge is 0.310 e. The lowest BCUT2D eigenvalue weighted by molar-refractivity contribution is 1.18. The standard InChI is InChI=1S/C52H34N2S/c1-3-12-35(13-4-1)38-14-11-17-42(32-38)53(43-29-30-45-44-18-7-9-20-48(44)54(49(45)34-43)40-15-5-2-6-16-40)41-27-24-36(25-28-41)39-23-22-37-26-31-51-52(47(37)33-39)46-19-8-10-21-50(46)55-51/h1-34H. The van der Waals surface area contributed by atoms with Gasteiger partial charge in [-0.2, -0.15) is 0 Å². The van der Waals surface area contributed by atoms with Gasteiger partial charge in [0.25, 0.3) is 0 Å². The molecule has 0 N–H and O–H groups in total. The van der Waals surface area contributed by atoms with Crippen LogP contribution in [-0.4, -0.2) is 4.57 Å². The minimum absolute atomic E-state index is 1.10. The summed E-state index contributed by atoms with van der Waals surface area (Å²) in [7, 11) is 0. The van der Waals surface area contributed by atoms with E-state index in [1.54, 1.807) is 0 Å². The van der Waals surface area contributed by atoms with E-state index in [1.807, 2.05) is 11.3 Å². The first kappa shape index (κ1) is 31.6. The molecule has 2 aromatic heterocycles. The molecule has 11 aromatic rings. The number of thiophene rings is 1. The fourth-order valence-corrected chi connectivity index (χ4v) is 9.50. The van der Waals surface area contributed by atoms with Crippen molar-refractivity contribution in [3.8, 4) is 27.9 Å². The topological polar surface area (TPSA) is 8.17 Å². The van der Waals surface area contributed by atoms with Crippen molar-refractivity contribution in [3.05, 3.63) is 206 Å². The maximum Gasteiger partial charge on any atom is 0.0561 e. The molecule has 0 atom stereocenters. The number of aromatic nitrogens is 1. The van der Waals surface area contributed by atoms with Crippen LogP contribution in [-0.2, 0) is 0 Å². The molecule has 2 heterocycles. The van der Waals surface area contributed by atoms with Crippen molar-refractivity contribution in [2.24, 2.45) is 0 Å². The molecule has 0 saturated carbocycles. The van der Waals surface area contributed by atoms with Crippen molar-refractivity contribution in [2.45, 2.75) is 0 Å². The van der Waals surface area contributed by atoms with Gasteiger partial charge in [0, 0.05) is 53.7 Å². The van der Waals surface area contributed by atoms with Crippen molar-refractivity contribution in [1.82, 2.24) is 4.57 Å². The Morgan fingerprint density at radius 1 is 0.345 bits per heavy atom. The number of anilines is 3. The van der Waals surface area contributed by atoms with E-state index in [0.717, 1.165) is 22.7 Å². The zero-order valence-electron chi connectivity index (χ0n) is 29.9. The van der Waals surface area contributed by atoms with Gasteiger partial charge in [0.05, 0.1) is 11.0 Å². The third kappa shape index (κ3) is 5.32. The van der Waals surface area contributed by atoms with Gasteiger partial charge in [-0.05, 0) is 106 Å². The molecule has 11 rings (SSSR count). The Hall–Kier alpha value is -6.94. The first-order valence-electron chi connectivity index (χ1n) is 18.8. The maximum absolute atomic E-state index is 2.39. The zero-order valence-corrected chi connectivity index (χ0v) is 30.7. The number of hydrogen-bond acceptors (Lipinski definition) is 2. The number of nitrogens with zero attached hydrogens (tertiary/aromatic N) is 2. The summed E-state index contributed by atoms with van der Waals surface area (Å²) < 4.78 is 5.06. The van der Waals surface area contributed by atoms with Crippen LogP contribution in [0.5, 0.6) is 0 Å². The van der Waals surface area contributed by atoms with Gasteiger partial charge in [0.15, 0.2) is 0 Å². The molecule has 0 aliphatic carbocycles. The summed E-state index contributed by atoms with van der Waals surface area (Å²) >= 11 is 1.87. The molecule has 0 bridgehead atoms. The van der Waals surface area contributed by atoms with Crippen molar-refractivity contribution in [2.75, 3.05) is 4.90 Å². The third-order valence-electron chi connectivity index (χ3n) is 11.0. The van der Waals surface area contributed by atoms with Crippen LogP contribution in [0.2, 0.25) is 0 Å².